The van der Waals surface area contributed by atoms with E-state index in [1.165, 1.54) is 6.07 Å². The van der Waals surface area contributed by atoms with Gasteiger partial charge in [-0.25, -0.2) is 8.78 Å². The van der Waals surface area contributed by atoms with Crippen LogP contribution in [-0.2, 0) is 5.34 Å². The predicted octanol–water partition coefficient (Wildman–Crippen LogP) is 0.918. The molecule has 33 heavy (non-hydrogen) atoms. The van der Waals surface area contributed by atoms with E-state index in [2.05, 4.69) is 10.3 Å². The fourth-order valence-electron chi connectivity index (χ4n) is 3.62. The molecule has 156 valence electrons. The van der Waals surface area contributed by atoms with E-state index < -0.39 is 52.8 Å². The van der Waals surface area contributed by atoms with Gasteiger partial charge in [0.15, 0.2) is 0 Å². The fraction of sp³-hybridized carbons (Fsp3) is 0.400. The van der Waals surface area contributed by atoms with Crippen molar-refractivity contribution in [2.75, 3.05) is 13.1 Å². The minimum atomic E-state index is -2.43. The number of hydrogen-bond donors (Lipinski definition) is 1. The zero-order valence-electron chi connectivity index (χ0n) is 18.0. The first-order valence-corrected chi connectivity index (χ1v) is 10.3. The van der Waals surface area contributed by atoms with Crippen molar-refractivity contribution in [3.8, 4) is 0 Å². The maximum absolute atomic E-state index is 16.1. The summed E-state index contributed by atoms with van der Waals surface area (Å²) in [6.07, 6.45) is 0.904. The highest BCUT2D eigenvalue weighted by molar-refractivity contribution is 6.44. The Kier molecular flexibility index (Phi) is 6.96. The van der Waals surface area contributed by atoms with Gasteiger partial charge in [0.05, 0.1) is 52.1 Å². The van der Waals surface area contributed by atoms with Crippen molar-refractivity contribution in [2.24, 2.45) is 0 Å². The summed E-state index contributed by atoms with van der Waals surface area (Å²) in [4.78, 5) is 18.1. The SMILES string of the molecule is [B]C([B])(NCC1(F)CC([B])([B])N(C(=O)c2ccc(F)c(Cl)c2)CC1([B])[B])c1ccc(C)cn1. The van der Waals surface area contributed by atoms with Gasteiger partial charge >= 0.3 is 0 Å². The van der Waals surface area contributed by atoms with Gasteiger partial charge in [0.25, 0.3) is 5.91 Å². The average Bonchev–Trinajstić information content (AvgIpc) is 2.71. The van der Waals surface area contributed by atoms with Crippen molar-refractivity contribution < 1.29 is 13.6 Å². The molecule has 1 aromatic carbocycles. The zero-order valence-corrected chi connectivity index (χ0v) is 18.7. The number of nitrogens with one attached hydrogen (secondary N) is 1. The second-order valence-electron chi connectivity index (χ2n) is 8.64. The molecule has 0 aliphatic carbocycles. The summed E-state index contributed by atoms with van der Waals surface area (Å²) in [5, 5.41) is -3.42. The first kappa shape index (κ1) is 26.0. The fourth-order valence-corrected chi connectivity index (χ4v) is 3.80. The van der Waals surface area contributed by atoms with Gasteiger partial charge in [-0.15, -0.1) is 0 Å². The molecule has 1 aliphatic rings. The van der Waals surface area contributed by atoms with Gasteiger partial charge in [-0.1, -0.05) is 17.7 Å². The molecular formula is C20H16B6ClF2N3O. The van der Waals surface area contributed by atoms with E-state index in [9.17, 15) is 9.18 Å². The number of carbonyl (C=O) groups excluding carboxylic acids is 1. The molecule has 12 radical (unpaired) electrons. The Morgan fingerprint density at radius 3 is 2.48 bits per heavy atom. The number of alkyl halides is 1. The van der Waals surface area contributed by atoms with E-state index in [4.69, 9.17) is 58.7 Å². The van der Waals surface area contributed by atoms with Crippen LogP contribution in [0.15, 0.2) is 36.5 Å². The molecule has 1 fully saturated rings. The van der Waals surface area contributed by atoms with Crippen LogP contribution in [-0.4, -0.2) is 87.0 Å². The number of aryl methyl sites for hydroxylation is 1. The molecule has 1 aromatic heterocycles. The summed E-state index contributed by atoms with van der Waals surface area (Å²) in [6, 6.07) is 6.65. The molecule has 4 nitrogen and oxygen atoms in total. The summed E-state index contributed by atoms with van der Waals surface area (Å²) in [5.74, 6) is -1.46. The lowest BCUT2D eigenvalue weighted by Crippen LogP contribution is -2.69. The van der Waals surface area contributed by atoms with E-state index in [1.54, 1.807) is 18.3 Å². The summed E-state index contributed by atoms with van der Waals surface area (Å²) in [5.41, 5.74) is -1.31. The highest BCUT2D eigenvalue weighted by atomic mass is 35.5. The van der Waals surface area contributed by atoms with Crippen LogP contribution >= 0.6 is 11.6 Å². The van der Waals surface area contributed by atoms with Crippen LogP contribution in [0.25, 0.3) is 0 Å². The smallest absolute Gasteiger partial charge is 0.252 e. The number of benzene rings is 1. The molecule has 1 saturated heterocycles. The first-order valence-electron chi connectivity index (χ1n) is 9.95. The third-order valence-corrected chi connectivity index (χ3v) is 6.02. The van der Waals surface area contributed by atoms with Crippen LogP contribution in [0, 0.1) is 12.7 Å². The van der Waals surface area contributed by atoms with Crippen molar-refractivity contribution in [3.63, 3.8) is 0 Å². The quantitative estimate of drug-likeness (QED) is 0.687. The number of rotatable bonds is 5. The Balaban J connectivity index is 1.82. The number of halogens is 3. The number of likely N-dealkylation sites (tertiary alicyclic amines) is 1. The molecule has 3 rings (SSSR count). The molecule has 2 heterocycles. The third-order valence-electron chi connectivity index (χ3n) is 5.73. The molecule has 1 amide bonds. The predicted molar refractivity (Wildman–Crippen MR) is 130 cm³/mol. The Morgan fingerprint density at radius 1 is 1.24 bits per heavy atom. The van der Waals surface area contributed by atoms with Crippen molar-refractivity contribution in [3.05, 3.63) is 64.2 Å². The third kappa shape index (κ3) is 5.22. The lowest BCUT2D eigenvalue weighted by Gasteiger charge is -2.58. The lowest BCUT2D eigenvalue weighted by molar-refractivity contribution is 0.0147. The molecule has 13 heteroatoms. The molecular weight excluding hydrogens is 437 g/mol. The van der Waals surface area contributed by atoms with Crippen LogP contribution < -0.4 is 5.32 Å². The number of pyridine rings is 1. The highest BCUT2D eigenvalue weighted by Crippen LogP contribution is 2.47. The number of aromatic nitrogens is 1. The number of nitrogens with zero attached hydrogens (tertiary/aromatic N) is 2. The molecule has 1 aliphatic heterocycles. The van der Waals surface area contributed by atoms with E-state index in [0.717, 1.165) is 22.6 Å². The summed E-state index contributed by atoms with van der Waals surface area (Å²) >= 11 is 5.76. The standard InChI is InChI=1S/C20H16B6ClF2N3O/c1-11-2-5-15(30-7-11)20(25,26)31-9-17(29)8-19(23,24)32(10-18(17,21)22)16(33)12-3-4-14(28)13(27)6-12/h2-7,31H,8-10H2,1H3. The minimum absolute atomic E-state index is 0.0182. The van der Waals surface area contributed by atoms with Crippen LogP contribution in [0.2, 0.25) is 10.2 Å². The van der Waals surface area contributed by atoms with Gasteiger partial charge in [-0.05, 0) is 59.1 Å². The lowest BCUT2D eigenvalue weighted by atomic mass is 9.39. The molecule has 1 N–H and O–H groups in total. The minimum Gasteiger partial charge on any atom is -0.351 e. The van der Waals surface area contributed by atoms with Gasteiger partial charge in [0, 0.05) is 30.5 Å². The normalized spacial score (nSPS) is 22.1. The summed E-state index contributed by atoms with van der Waals surface area (Å²) in [7, 11) is 36.6. The molecule has 0 bridgehead atoms. The Morgan fingerprint density at radius 2 is 1.91 bits per heavy atom. The van der Waals surface area contributed by atoms with Gasteiger partial charge in [0.1, 0.15) is 11.5 Å². The van der Waals surface area contributed by atoms with Crippen molar-refractivity contribution >= 4 is 64.6 Å². The molecule has 0 spiro atoms. The second kappa shape index (κ2) is 8.84. The maximum Gasteiger partial charge on any atom is 0.252 e. The molecule has 1 unspecified atom stereocenters. The van der Waals surface area contributed by atoms with E-state index in [-0.39, 0.29) is 16.3 Å². The first-order chi connectivity index (χ1) is 15.1. The Labute approximate surface area is 205 Å². The van der Waals surface area contributed by atoms with Crippen LogP contribution in [0.3, 0.4) is 0 Å². The Bertz CT molecular complexity index is 1060. The molecule has 0 saturated carbocycles. The Hall–Kier alpha value is -1.66. The zero-order chi connectivity index (χ0) is 24.8. The van der Waals surface area contributed by atoms with Crippen LogP contribution in [0.5, 0.6) is 0 Å². The average molecular weight is 453 g/mol. The van der Waals surface area contributed by atoms with Crippen LogP contribution in [0.4, 0.5) is 8.78 Å². The number of piperidine rings is 1. The van der Waals surface area contributed by atoms with Gasteiger partial charge in [-0.3, -0.25) is 9.78 Å². The van der Waals surface area contributed by atoms with E-state index in [1.807, 2.05) is 6.92 Å². The van der Waals surface area contributed by atoms with E-state index >= 15 is 4.39 Å². The highest BCUT2D eigenvalue weighted by Gasteiger charge is 2.55. The van der Waals surface area contributed by atoms with Gasteiger partial charge in [-0.2, -0.15) is 0 Å². The molecule has 1 atom stereocenters. The number of carbonyl (C=O) groups is 1. The van der Waals surface area contributed by atoms with E-state index in [0.29, 0.717) is 0 Å². The monoisotopic (exact) mass is 453 g/mol. The molecule has 2 aromatic rings. The number of hydrogen-bond acceptors (Lipinski definition) is 3. The van der Waals surface area contributed by atoms with Crippen LogP contribution in [0.1, 0.15) is 28.0 Å². The topological polar surface area (TPSA) is 45.2 Å². The van der Waals surface area contributed by atoms with Crippen molar-refractivity contribution in [1.29, 1.82) is 0 Å². The summed E-state index contributed by atoms with van der Waals surface area (Å²) in [6.45, 7) is 0.740. The largest absolute Gasteiger partial charge is 0.351 e. The van der Waals surface area contributed by atoms with Crippen molar-refractivity contribution in [1.82, 2.24) is 15.2 Å². The maximum atomic E-state index is 16.1. The van der Waals surface area contributed by atoms with Gasteiger partial charge in [0.2, 0.25) is 0 Å². The van der Waals surface area contributed by atoms with Gasteiger partial charge < -0.3 is 10.2 Å². The number of amides is 1. The second-order valence-corrected chi connectivity index (χ2v) is 9.04. The summed E-state index contributed by atoms with van der Waals surface area (Å²) < 4.78 is 29.6. The van der Waals surface area contributed by atoms with Crippen molar-refractivity contribution in [2.45, 2.75) is 34.9 Å².